The van der Waals surface area contributed by atoms with E-state index in [1.165, 1.54) is 6.08 Å². The average molecular weight is 469 g/mol. The zero-order valence-electron chi connectivity index (χ0n) is 13.3. The van der Waals surface area contributed by atoms with Gasteiger partial charge in [0.25, 0.3) is 5.91 Å². The first-order valence-electron chi connectivity index (χ1n) is 7.35. The second kappa shape index (κ2) is 8.82. The van der Waals surface area contributed by atoms with E-state index in [0.29, 0.717) is 32.4 Å². The average Bonchev–Trinajstić information content (AvgIpc) is 2.58. The molecule has 130 valence electrons. The molecule has 0 aliphatic heterocycles. The third-order valence-electron chi connectivity index (χ3n) is 3.13. The van der Waals surface area contributed by atoms with Crippen molar-refractivity contribution >= 4 is 49.8 Å². The number of hydrogen-bond acceptors (Lipinski definition) is 3. The van der Waals surface area contributed by atoms with Crippen molar-refractivity contribution in [2.45, 2.75) is 6.92 Å². The smallest absolute Gasteiger partial charge is 0.352 e. The van der Waals surface area contributed by atoms with E-state index in [1.807, 2.05) is 6.92 Å². The minimum absolute atomic E-state index is 0.225. The van der Waals surface area contributed by atoms with Crippen molar-refractivity contribution in [2.75, 3.05) is 6.61 Å². The summed E-state index contributed by atoms with van der Waals surface area (Å²) in [5.74, 6) is -1.09. The largest absolute Gasteiger partial charge is 0.492 e. The fraction of sp³-hybridized carbons (Fsp3) is 0.111. The molecule has 0 spiro atoms. The Morgan fingerprint density at radius 3 is 2.28 bits per heavy atom. The van der Waals surface area contributed by atoms with Crippen LogP contribution in [0.4, 0.5) is 0 Å². The number of halogens is 2. The number of carbonyl (C=O) groups is 2. The Hall–Kier alpha value is -2.12. The molecule has 0 aliphatic carbocycles. The molecule has 2 aromatic rings. The van der Waals surface area contributed by atoms with Gasteiger partial charge in [0.1, 0.15) is 11.4 Å². The summed E-state index contributed by atoms with van der Waals surface area (Å²) < 4.78 is 6.85. The summed E-state index contributed by atoms with van der Waals surface area (Å²) in [7, 11) is 0. The molecule has 0 bridgehead atoms. The van der Waals surface area contributed by atoms with Crippen LogP contribution < -0.4 is 10.1 Å². The zero-order chi connectivity index (χ0) is 18.4. The third-order valence-corrected chi connectivity index (χ3v) is 4.31. The van der Waals surface area contributed by atoms with Crippen LogP contribution in [0.5, 0.6) is 5.75 Å². The molecule has 2 aromatic carbocycles. The molecule has 25 heavy (non-hydrogen) atoms. The van der Waals surface area contributed by atoms with Gasteiger partial charge in [-0.3, -0.25) is 4.79 Å². The molecular formula is C18H15Br2NO4. The summed E-state index contributed by atoms with van der Waals surface area (Å²) in [6.45, 7) is 2.37. The molecule has 0 heterocycles. The molecule has 0 radical (unpaired) electrons. The van der Waals surface area contributed by atoms with Crippen LogP contribution in [0.1, 0.15) is 22.8 Å². The van der Waals surface area contributed by atoms with E-state index in [4.69, 9.17) is 4.74 Å². The number of carbonyl (C=O) groups excluding carboxylic acids is 1. The van der Waals surface area contributed by atoms with Gasteiger partial charge in [-0.25, -0.2) is 4.79 Å². The Morgan fingerprint density at radius 2 is 1.76 bits per heavy atom. The fourth-order valence-electron chi connectivity index (χ4n) is 2.05. The zero-order valence-corrected chi connectivity index (χ0v) is 16.4. The summed E-state index contributed by atoms with van der Waals surface area (Å²) in [5, 5.41) is 11.8. The molecule has 0 aliphatic rings. The maximum Gasteiger partial charge on any atom is 0.352 e. The van der Waals surface area contributed by atoms with Crippen molar-refractivity contribution in [1.29, 1.82) is 0 Å². The van der Waals surface area contributed by atoms with Crippen LogP contribution in [0.15, 0.2) is 57.1 Å². The van der Waals surface area contributed by atoms with Crippen LogP contribution in [-0.2, 0) is 4.79 Å². The summed E-state index contributed by atoms with van der Waals surface area (Å²) in [6.07, 6.45) is 1.38. The van der Waals surface area contributed by atoms with Crippen LogP contribution in [-0.4, -0.2) is 23.6 Å². The molecule has 0 unspecified atom stereocenters. The van der Waals surface area contributed by atoms with E-state index >= 15 is 0 Å². The monoisotopic (exact) mass is 467 g/mol. The van der Waals surface area contributed by atoms with E-state index in [1.54, 1.807) is 42.5 Å². The van der Waals surface area contributed by atoms with Crippen molar-refractivity contribution in [3.63, 3.8) is 0 Å². The van der Waals surface area contributed by atoms with Crippen molar-refractivity contribution in [1.82, 2.24) is 5.32 Å². The lowest BCUT2D eigenvalue weighted by atomic mass is 10.1. The lowest BCUT2D eigenvalue weighted by molar-refractivity contribution is -0.132. The number of hydrogen-bond donors (Lipinski definition) is 2. The lowest BCUT2D eigenvalue weighted by Gasteiger charge is -2.10. The highest BCUT2D eigenvalue weighted by molar-refractivity contribution is 9.11. The Kier molecular flexibility index (Phi) is 6.78. The molecule has 1 amide bonds. The third kappa shape index (κ3) is 5.17. The fourth-order valence-corrected chi connectivity index (χ4v) is 3.50. The van der Waals surface area contributed by atoms with E-state index in [0.717, 1.165) is 0 Å². The van der Waals surface area contributed by atoms with Gasteiger partial charge in [0.15, 0.2) is 0 Å². The van der Waals surface area contributed by atoms with E-state index in [9.17, 15) is 14.7 Å². The highest BCUT2D eigenvalue weighted by atomic mass is 79.9. The topological polar surface area (TPSA) is 75.6 Å². The number of amides is 1. The summed E-state index contributed by atoms with van der Waals surface area (Å²) in [6, 6.07) is 11.8. The standard InChI is InChI=1S/C18H15Br2NO4/c1-2-25-16-13(19)8-11(9-14(16)20)10-15(18(23)24)21-17(22)12-6-4-3-5-7-12/h3-10H,2H2,1H3,(H,21,22)(H,23,24). The van der Waals surface area contributed by atoms with Gasteiger partial charge in [0, 0.05) is 5.56 Å². The van der Waals surface area contributed by atoms with Gasteiger partial charge in [-0.1, -0.05) is 18.2 Å². The molecule has 5 nitrogen and oxygen atoms in total. The predicted octanol–water partition coefficient (Wildman–Crippen LogP) is 4.47. The Morgan fingerprint density at radius 1 is 1.16 bits per heavy atom. The molecule has 2 N–H and O–H groups in total. The van der Waals surface area contributed by atoms with Gasteiger partial charge in [-0.15, -0.1) is 0 Å². The number of nitrogens with one attached hydrogen (secondary N) is 1. The van der Waals surface area contributed by atoms with Gasteiger partial charge in [-0.2, -0.15) is 0 Å². The molecule has 0 fully saturated rings. The summed E-state index contributed by atoms with van der Waals surface area (Å²) in [5.41, 5.74) is 0.744. The number of ether oxygens (including phenoxy) is 1. The van der Waals surface area contributed by atoms with Crippen LogP contribution in [0, 0.1) is 0 Å². The Bertz CT molecular complexity index is 796. The molecular weight excluding hydrogens is 454 g/mol. The number of carboxylic acid groups (broad SMARTS) is 1. The first-order valence-corrected chi connectivity index (χ1v) is 8.94. The lowest BCUT2D eigenvalue weighted by Crippen LogP contribution is -2.27. The Balaban J connectivity index is 2.31. The number of rotatable bonds is 6. The maximum absolute atomic E-state index is 12.2. The Labute approximate surface area is 162 Å². The molecule has 0 saturated carbocycles. The van der Waals surface area contributed by atoms with Crippen LogP contribution in [0.25, 0.3) is 6.08 Å². The second-order valence-electron chi connectivity index (χ2n) is 4.93. The van der Waals surface area contributed by atoms with E-state index in [-0.39, 0.29) is 5.70 Å². The number of aliphatic carboxylic acids is 1. The van der Waals surface area contributed by atoms with Gasteiger partial charge in [0.2, 0.25) is 0 Å². The normalized spacial score (nSPS) is 11.1. The van der Waals surface area contributed by atoms with Gasteiger partial charge in [0.05, 0.1) is 15.6 Å². The van der Waals surface area contributed by atoms with Crippen molar-refractivity contribution in [3.05, 3.63) is 68.2 Å². The molecule has 7 heteroatoms. The molecule has 2 rings (SSSR count). The van der Waals surface area contributed by atoms with E-state index < -0.39 is 11.9 Å². The highest BCUT2D eigenvalue weighted by Gasteiger charge is 2.14. The number of carboxylic acids is 1. The maximum atomic E-state index is 12.2. The first-order chi connectivity index (χ1) is 11.9. The van der Waals surface area contributed by atoms with Crippen LogP contribution >= 0.6 is 31.9 Å². The van der Waals surface area contributed by atoms with Crippen LogP contribution in [0.3, 0.4) is 0 Å². The minimum Gasteiger partial charge on any atom is -0.492 e. The van der Waals surface area contributed by atoms with Gasteiger partial charge >= 0.3 is 5.97 Å². The molecule has 0 aromatic heterocycles. The van der Waals surface area contributed by atoms with Gasteiger partial charge in [-0.05, 0) is 74.7 Å². The van der Waals surface area contributed by atoms with E-state index in [2.05, 4.69) is 37.2 Å². The highest BCUT2D eigenvalue weighted by Crippen LogP contribution is 2.35. The first kappa shape index (κ1) is 19.2. The SMILES string of the molecule is CCOc1c(Br)cc(C=C(NC(=O)c2ccccc2)C(=O)O)cc1Br. The second-order valence-corrected chi connectivity index (χ2v) is 6.64. The summed E-state index contributed by atoms with van der Waals surface area (Å²) >= 11 is 6.79. The quantitative estimate of drug-likeness (QED) is 0.613. The predicted molar refractivity (Wildman–Crippen MR) is 103 cm³/mol. The van der Waals surface area contributed by atoms with Crippen molar-refractivity contribution < 1.29 is 19.4 Å². The van der Waals surface area contributed by atoms with Crippen molar-refractivity contribution in [3.8, 4) is 5.75 Å². The minimum atomic E-state index is -1.23. The molecule has 0 saturated heterocycles. The van der Waals surface area contributed by atoms with Crippen molar-refractivity contribution in [2.24, 2.45) is 0 Å². The van der Waals surface area contributed by atoms with Gasteiger partial charge < -0.3 is 15.2 Å². The number of benzene rings is 2. The summed E-state index contributed by atoms with van der Waals surface area (Å²) in [4.78, 5) is 23.6. The van der Waals surface area contributed by atoms with Crippen LogP contribution in [0.2, 0.25) is 0 Å². The molecule has 0 atom stereocenters.